The minimum atomic E-state index is -0.829. The summed E-state index contributed by atoms with van der Waals surface area (Å²) in [5.74, 6) is -0.0773. The SMILES string of the molecule is CCCCCCCCCCCCCCCCCCCC/C=C/C(O)C(CO)NC(=O)CCCCCCC. The molecule has 0 rings (SSSR count). The van der Waals surface area contributed by atoms with Gasteiger partial charge in [0.15, 0.2) is 0 Å². The zero-order valence-corrected chi connectivity index (χ0v) is 25.0. The number of allylic oxidation sites excluding steroid dienone is 1. The molecular weight excluding hydrogens is 458 g/mol. The second-order valence-electron chi connectivity index (χ2n) is 11.2. The second kappa shape index (κ2) is 29.7. The number of carbonyl (C=O) groups is 1. The molecule has 2 atom stereocenters. The Kier molecular flexibility index (Phi) is 29.0. The first-order chi connectivity index (χ1) is 18.2. The highest BCUT2D eigenvalue weighted by atomic mass is 16.3. The number of unbranched alkanes of at least 4 members (excludes halogenated alkanes) is 22. The van der Waals surface area contributed by atoms with Crippen LogP contribution >= 0.6 is 0 Å². The largest absolute Gasteiger partial charge is 0.394 e. The van der Waals surface area contributed by atoms with Crippen molar-refractivity contribution in [3.63, 3.8) is 0 Å². The summed E-state index contributed by atoms with van der Waals surface area (Å²) in [5.41, 5.74) is 0. The van der Waals surface area contributed by atoms with Gasteiger partial charge in [0.1, 0.15) is 0 Å². The van der Waals surface area contributed by atoms with E-state index < -0.39 is 12.1 Å². The molecule has 0 fully saturated rings. The number of hydrogen-bond acceptors (Lipinski definition) is 3. The molecule has 0 radical (unpaired) electrons. The quantitative estimate of drug-likeness (QED) is 0.0676. The molecule has 0 aromatic rings. The zero-order chi connectivity index (χ0) is 27.2. The van der Waals surface area contributed by atoms with Gasteiger partial charge in [-0.2, -0.15) is 0 Å². The molecule has 0 saturated carbocycles. The summed E-state index contributed by atoms with van der Waals surface area (Å²) < 4.78 is 0. The lowest BCUT2D eigenvalue weighted by Gasteiger charge is -2.20. The Bertz CT molecular complexity index is 494. The smallest absolute Gasteiger partial charge is 0.220 e. The molecule has 0 saturated heterocycles. The van der Waals surface area contributed by atoms with Crippen molar-refractivity contribution in [3.8, 4) is 0 Å². The van der Waals surface area contributed by atoms with Gasteiger partial charge in [-0.15, -0.1) is 0 Å². The van der Waals surface area contributed by atoms with Crippen LogP contribution in [0.3, 0.4) is 0 Å². The average Bonchev–Trinajstić information content (AvgIpc) is 2.90. The van der Waals surface area contributed by atoms with Crippen LogP contribution in [0.2, 0.25) is 0 Å². The summed E-state index contributed by atoms with van der Waals surface area (Å²) in [7, 11) is 0. The maximum Gasteiger partial charge on any atom is 0.220 e. The lowest BCUT2D eigenvalue weighted by molar-refractivity contribution is -0.123. The molecule has 220 valence electrons. The maximum atomic E-state index is 12.0. The summed E-state index contributed by atoms with van der Waals surface area (Å²) >= 11 is 0. The van der Waals surface area contributed by atoms with E-state index in [1.165, 1.54) is 122 Å². The molecule has 0 aliphatic rings. The predicted octanol–water partition coefficient (Wildman–Crippen LogP) is 9.17. The molecule has 4 heteroatoms. The number of carbonyl (C=O) groups excluding carboxylic acids is 1. The fraction of sp³-hybridized carbons (Fsp3) is 0.909. The molecule has 4 nitrogen and oxygen atoms in total. The summed E-state index contributed by atoms with van der Waals surface area (Å²) in [6, 6.07) is -0.611. The number of amides is 1. The summed E-state index contributed by atoms with van der Waals surface area (Å²) in [5, 5.41) is 22.6. The Hall–Kier alpha value is -0.870. The summed E-state index contributed by atoms with van der Waals surface area (Å²) in [4.78, 5) is 12.0. The molecule has 0 aliphatic carbocycles. The Balaban J connectivity index is 3.50. The standard InChI is InChI=1S/C33H65NO3/c1-3-5-7-9-10-11-12-13-14-15-16-17-18-19-20-21-22-23-25-26-28-32(36)31(30-35)34-33(37)29-27-24-8-6-4-2/h26,28,31-32,35-36H,3-25,27,29-30H2,1-2H3,(H,34,37)/b28-26+. The average molecular weight is 524 g/mol. The van der Waals surface area contributed by atoms with Crippen molar-refractivity contribution in [1.29, 1.82) is 0 Å². The topological polar surface area (TPSA) is 69.6 Å². The lowest BCUT2D eigenvalue weighted by Crippen LogP contribution is -2.45. The molecule has 2 unspecified atom stereocenters. The normalized spacial score (nSPS) is 13.3. The van der Waals surface area contributed by atoms with Gasteiger partial charge in [0, 0.05) is 6.42 Å². The van der Waals surface area contributed by atoms with E-state index in [0.717, 1.165) is 32.1 Å². The molecule has 0 aromatic carbocycles. The van der Waals surface area contributed by atoms with Crippen LogP contribution in [0.5, 0.6) is 0 Å². The second-order valence-corrected chi connectivity index (χ2v) is 11.2. The molecule has 0 heterocycles. The highest BCUT2D eigenvalue weighted by molar-refractivity contribution is 5.76. The van der Waals surface area contributed by atoms with Crippen molar-refractivity contribution < 1.29 is 15.0 Å². The fourth-order valence-corrected chi connectivity index (χ4v) is 4.94. The number of hydrogen-bond donors (Lipinski definition) is 3. The fourth-order valence-electron chi connectivity index (χ4n) is 4.94. The van der Waals surface area contributed by atoms with Crippen LogP contribution in [-0.2, 0) is 4.79 Å². The van der Waals surface area contributed by atoms with Gasteiger partial charge in [0.25, 0.3) is 0 Å². The van der Waals surface area contributed by atoms with Crippen LogP contribution < -0.4 is 5.32 Å². The Morgan fingerprint density at radius 2 is 1.00 bits per heavy atom. The van der Waals surface area contributed by atoms with E-state index in [4.69, 9.17) is 0 Å². The van der Waals surface area contributed by atoms with Crippen LogP contribution in [0.4, 0.5) is 0 Å². The molecule has 3 N–H and O–H groups in total. The third-order valence-corrected chi connectivity index (χ3v) is 7.52. The minimum absolute atomic E-state index is 0.0773. The number of aliphatic hydroxyl groups excluding tert-OH is 2. The van der Waals surface area contributed by atoms with Crippen molar-refractivity contribution in [1.82, 2.24) is 5.32 Å². The third kappa shape index (κ3) is 26.5. The molecule has 37 heavy (non-hydrogen) atoms. The van der Waals surface area contributed by atoms with Gasteiger partial charge in [0.05, 0.1) is 18.8 Å². The van der Waals surface area contributed by atoms with Gasteiger partial charge in [-0.3, -0.25) is 4.79 Å². The first-order valence-corrected chi connectivity index (χ1v) is 16.4. The van der Waals surface area contributed by atoms with Crippen LogP contribution in [0.15, 0.2) is 12.2 Å². The van der Waals surface area contributed by atoms with Crippen LogP contribution in [0.1, 0.15) is 174 Å². The van der Waals surface area contributed by atoms with Crippen molar-refractivity contribution in [3.05, 3.63) is 12.2 Å². The first-order valence-electron chi connectivity index (χ1n) is 16.4. The number of rotatable bonds is 29. The molecule has 0 spiro atoms. The Morgan fingerprint density at radius 1 is 0.622 bits per heavy atom. The van der Waals surface area contributed by atoms with Crippen molar-refractivity contribution in [2.24, 2.45) is 0 Å². The molecule has 0 aromatic heterocycles. The van der Waals surface area contributed by atoms with E-state index in [2.05, 4.69) is 19.2 Å². The summed E-state index contributed by atoms with van der Waals surface area (Å²) in [6.45, 7) is 4.22. The van der Waals surface area contributed by atoms with E-state index in [1.807, 2.05) is 6.08 Å². The van der Waals surface area contributed by atoms with E-state index in [1.54, 1.807) is 6.08 Å². The van der Waals surface area contributed by atoms with E-state index in [-0.39, 0.29) is 12.5 Å². The zero-order valence-electron chi connectivity index (χ0n) is 25.0. The van der Waals surface area contributed by atoms with E-state index >= 15 is 0 Å². The van der Waals surface area contributed by atoms with Gasteiger partial charge >= 0.3 is 0 Å². The van der Waals surface area contributed by atoms with Crippen LogP contribution in [-0.4, -0.2) is 34.9 Å². The first kappa shape index (κ1) is 36.1. The van der Waals surface area contributed by atoms with Crippen LogP contribution in [0, 0.1) is 0 Å². The molecule has 0 bridgehead atoms. The number of nitrogens with one attached hydrogen (secondary N) is 1. The Labute approximate surface area is 231 Å². The van der Waals surface area contributed by atoms with Gasteiger partial charge in [0.2, 0.25) is 5.91 Å². The van der Waals surface area contributed by atoms with Gasteiger partial charge in [-0.05, 0) is 19.3 Å². The van der Waals surface area contributed by atoms with Crippen molar-refractivity contribution in [2.75, 3.05) is 6.61 Å². The predicted molar refractivity (Wildman–Crippen MR) is 161 cm³/mol. The molecule has 1 amide bonds. The number of aliphatic hydroxyl groups is 2. The van der Waals surface area contributed by atoms with E-state index in [9.17, 15) is 15.0 Å². The van der Waals surface area contributed by atoms with Crippen molar-refractivity contribution >= 4 is 5.91 Å². The highest BCUT2D eigenvalue weighted by Gasteiger charge is 2.17. The minimum Gasteiger partial charge on any atom is -0.394 e. The summed E-state index contributed by atoms with van der Waals surface area (Å²) in [6.07, 6.45) is 34.6. The highest BCUT2D eigenvalue weighted by Crippen LogP contribution is 2.15. The van der Waals surface area contributed by atoms with Crippen LogP contribution in [0.25, 0.3) is 0 Å². The monoisotopic (exact) mass is 523 g/mol. The lowest BCUT2D eigenvalue weighted by atomic mass is 10.0. The van der Waals surface area contributed by atoms with Gasteiger partial charge in [-0.1, -0.05) is 161 Å². The third-order valence-electron chi connectivity index (χ3n) is 7.52. The maximum absolute atomic E-state index is 12.0. The Morgan fingerprint density at radius 3 is 1.41 bits per heavy atom. The molecular formula is C33H65NO3. The van der Waals surface area contributed by atoms with E-state index in [0.29, 0.717) is 6.42 Å². The molecule has 0 aliphatic heterocycles. The van der Waals surface area contributed by atoms with Gasteiger partial charge < -0.3 is 15.5 Å². The van der Waals surface area contributed by atoms with Gasteiger partial charge in [-0.25, -0.2) is 0 Å². The van der Waals surface area contributed by atoms with Crippen molar-refractivity contribution in [2.45, 2.75) is 187 Å².